The lowest BCUT2D eigenvalue weighted by Gasteiger charge is -2.34. The van der Waals surface area contributed by atoms with Gasteiger partial charge in [-0.2, -0.15) is 0 Å². The van der Waals surface area contributed by atoms with Crippen molar-refractivity contribution >= 4 is 28.1 Å². The number of anilines is 2. The van der Waals surface area contributed by atoms with E-state index in [1.165, 1.54) is 0 Å². The van der Waals surface area contributed by atoms with Gasteiger partial charge in [0, 0.05) is 37.3 Å². The smallest absolute Gasteiger partial charge is 0.196 e. The van der Waals surface area contributed by atoms with Gasteiger partial charge in [0.1, 0.15) is 5.52 Å². The second-order valence-electron chi connectivity index (χ2n) is 7.60. The van der Waals surface area contributed by atoms with Gasteiger partial charge >= 0.3 is 0 Å². The maximum atomic E-state index is 13.6. The molecule has 3 aliphatic rings. The average molecular weight is 391 g/mol. The van der Waals surface area contributed by atoms with Crippen LogP contribution in [0, 0.1) is 0 Å². The van der Waals surface area contributed by atoms with Gasteiger partial charge in [-0.25, -0.2) is 0 Å². The predicted molar refractivity (Wildman–Crippen MR) is 109 cm³/mol. The molecule has 0 saturated carbocycles. The van der Waals surface area contributed by atoms with E-state index in [1.54, 1.807) is 0 Å². The topological polar surface area (TPSA) is 68.0 Å². The van der Waals surface area contributed by atoms with Crippen LogP contribution in [0.25, 0.3) is 22.2 Å². The van der Waals surface area contributed by atoms with Gasteiger partial charge in [0.2, 0.25) is 0 Å². The van der Waals surface area contributed by atoms with E-state index in [0.717, 1.165) is 54.0 Å². The number of rotatable bonds is 2. The van der Waals surface area contributed by atoms with Gasteiger partial charge in [-0.3, -0.25) is 4.79 Å². The van der Waals surface area contributed by atoms with Gasteiger partial charge in [0.05, 0.1) is 48.8 Å². The number of carbonyl (C=O) groups excluding carboxylic acids is 1. The Labute approximate surface area is 167 Å². The van der Waals surface area contributed by atoms with Crippen molar-refractivity contribution in [2.24, 2.45) is 0 Å². The van der Waals surface area contributed by atoms with Gasteiger partial charge in [0.15, 0.2) is 11.5 Å². The first kappa shape index (κ1) is 17.0. The number of carbonyl (C=O) groups is 1. The first-order valence-corrected chi connectivity index (χ1v) is 10.1. The number of hydrogen-bond donors (Lipinski definition) is 0. The Balaban J connectivity index is 1.64. The molecule has 0 radical (unpaired) electrons. The number of aromatic nitrogens is 1. The fourth-order valence-electron chi connectivity index (χ4n) is 4.62. The number of nitrogens with zero attached hydrogens (tertiary/aromatic N) is 3. The van der Waals surface area contributed by atoms with Gasteiger partial charge in [-0.1, -0.05) is 29.4 Å². The summed E-state index contributed by atoms with van der Waals surface area (Å²) in [5.41, 5.74) is 4.92. The molecular formula is C22H21N3O4. The van der Waals surface area contributed by atoms with Crippen molar-refractivity contribution in [1.82, 2.24) is 5.16 Å². The van der Waals surface area contributed by atoms with E-state index < -0.39 is 0 Å². The van der Waals surface area contributed by atoms with Gasteiger partial charge in [0.25, 0.3) is 0 Å². The molecule has 0 bridgehead atoms. The largest absolute Gasteiger partial charge is 0.378 e. The number of ketones is 1. The van der Waals surface area contributed by atoms with Gasteiger partial charge in [-0.15, -0.1) is 0 Å². The van der Waals surface area contributed by atoms with E-state index in [4.69, 9.17) is 14.0 Å². The highest BCUT2D eigenvalue weighted by atomic mass is 16.5. The summed E-state index contributed by atoms with van der Waals surface area (Å²) in [6, 6.07) is 9.75. The van der Waals surface area contributed by atoms with E-state index in [-0.39, 0.29) is 5.78 Å². The second kappa shape index (κ2) is 6.57. The van der Waals surface area contributed by atoms with Crippen molar-refractivity contribution < 1.29 is 18.8 Å². The molecule has 7 nitrogen and oxygen atoms in total. The predicted octanol–water partition coefficient (Wildman–Crippen LogP) is 2.71. The number of ether oxygens (including phenoxy) is 2. The molecule has 0 spiro atoms. The van der Waals surface area contributed by atoms with E-state index in [1.807, 2.05) is 24.3 Å². The summed E-state index contributed by atoms with van der Waals surface area (Å²) in [5, 5.41) is 5.26. The zero-order valence-corrected chi connectivity index (χ0v) is 16.0. The Bertz CT molecular complexity index is 1110. The molecule has 0 atom stereocenters. The molecule has 2 aliphatic heterocycles. The molecule has 0 N–H and O–H groups in total. The van der Waals surface area contributed by atoms with E-state index >= 15 is 0 Å². The molecule has 2 fully saturated rings. The summed E-state index contributed by atoms with van der Waals surface area (Å²) in [4.78, 5) is 18.1. The third-order valence-electron chi connectivity index (χ3n) is 6.06. The highest BCUT2D eigenvalue weighted by Gasteiger charge is 2.35. The van der Waals surface area contributed by atoms with Crippen LogP contribution in [0.3, 0.4) is 0 Å². The van der Waals surface area contributed by atoms with Crippen molar-refractivity contribution in [3.63, 3.8) is 0 Å². The molecule has 29 heavy (non-hydrogen) atoms. The molecule has 3 aromatic rings. The third-order valence-corrected chi connectivity index (χ3v) is 6.06. The normalized spacial score (nSPS) is 19.0. The van der Waals surface area contributed by atoms with Crippen molar-refractivity contribution in [3.8, 4) is 11.3 Å². The molecule has 7 heteroatoms. The quantitative estimate of drug-likeness (QED) is 0.520. The van der Waals surface area contributed by atoms with Crippen LogP contribution in [-0.2, 0) is 9.47 Å². The molecule has 2 saturated heterocycles. The standard InChI is InChI=1S/C22H21N3O4/c26-21-14-3-1-2-4-15(14)22-19-18(21)16(24-5-9-27-10-6-24)13-17(20(19)23-29-22)25-7-11-28-12-8-25/h1-4,13H,5-12H2. The Hall–Kier alpha value is -2.90. The lowest BCUT2D eigenvalue weighted by Crippen LogP contribution is -2.39. The second-order valence-corrected chi connectivity index (χ2v) is 7.60. The molecular weight excluding hydrogens is 370 g/mol. The first-order valence-electron chi connectivity index (χ1n) is 10.1. The molecule has 3 heterocycles. The van der Waals surface area contributed by atoms with Crippen molar-refractivity contribution in [2.45, 2.75) is 0 Å². The number of morpholine rings is 2. The van der Waals surface area contributed by atoms with Crippen molar-refractivity contribution in [3.05, 3.63) is 41.5 Å². The minimum Gasteiger partial charge on any atom is -0.378 e. The summed E-state index contributed by atoms with van der Waals surface area (Å²) in [6.07, 6.45) is 0. The SMILES string of the molecule is O=C1c2ccccc2-c2onc3c(N4CCOCC4)cc(N4CCOCC4)c1c23. The highest BCUT2D eigenvalue weighted by Crippen LogP contribution is 2.46. The first-order chi connectivity index (χ1) is 14.3. The summed E-state index contributed by atoms with van der Waals surface area (Å²) in [7, 11) is 0. The lowest BCUT2D eigenvalue weighted by molar-refractivity contribution is 0.103. The van der Waals surface area contributed by atoms with Crippen LogP contribution in [0.15, 0.2) is 34.9 Å². The van der Waals surface area contributed by atoms with Crippen LogP contribution in [0.4, 0.5) is 11.4 Å². The maximum Gasteiger partial charge on any atom is 0.196 e. The monoisotopic (exact) mass is 391 g/mol. The van der Waals surface area contributed by atoms with E-state index in [2.05, 4.69) is 21.0 Å². The Morgan fingerprint density at radius 3 is 2.14 bits per heavy atom. The molecule has 0 amide bonds. The highest BCUT2D eigenvalue weighted by molar-refractivity contribution is 6.28. The van der Waals surface area contributed by atoms with Crippen molar-refractivity contribution in [1.29, 1.82) is 0 Å². The maximum absolute atomic E-state index is 13.6. The number of hydrogen-bond acceptors (Lipinski definition) is 7. The molecule has 2 aromatic carbocycles. The lowest BCUT2D eigenvalue weighted by atomic mass is 9.86. The molecule has 148 valence electrons. The van der Waals surface area contributed by atoms with Crippen LogP contribution >= 0.6 is 0 Å². The van der Waals surface area contributed by atoms with E-state index in [0.29, 0.717) is 43.3 Å². The fraction of sp³-hybridized carbons (Fsp3) is 0.364. The summed E-state index contributed by atoms with van der Waals surface area (Å²) in [5.74, 6) is 0.728. The number of benzene rings is 2. The van der Waals surface area contributed by atoms with Crippen molar-refractivity contribution in [2.75, 3.05) is 62.4 Å². The Morgan fingerprint density at radius 1 is 0.828 bits per heavy atom. The average Bonchev–Trinajstić information content (AvgIpc) is 3.24. The third kappa shape index (κ3) is 2.51. The fourth-order valence-corrected chi connectivity index (χ4v) is 4.62. The number of fused-ring (bicyclic) bond motifs is 2. The Morgan fingerprint density at radius 2 is 1.45 bits per heavy atom. The van der Waals surface area contributed by atoms with Crippen LogP contribution in [0.2, 0.25) is 0 Å². The van der Waals surface area contributed by atoms with Gasteiger partial charge < -0.3 is 23.8 Å². The summed E-state index contributed by atoms with van der Waals surface area (Å²) >= 11 is 0. The zero-order valence-electron chi connectivity index (χ0n) is 16.0. The summed E-state index contributed by atoms with van der Waals surface area (Å²) < 4.78 is 16.9. The Kier molecular flexibility index (Phi) is 3.85. The van der Waals surface area contributed by atoms with Gasteiger partial charge in [-0.05, 0) is 6.07 Å². The molecule has 6 rings (SSSR count). The van der Waals surface area contributed by atoms with Crippen LogP contribution in [-0.4, -0.2) is 63.5 Å². The van der Waals surface area contributed by atoms with Crippen LogP contribution in [0.5, 0.6) is 0 Å². The van der Waals surface area contributed by atoms with Crippen LogP contribution in [0.1, 0.15) is 15.9 Å². The molecule has 1 aliphatic carbocycles. The minimum absolute atomic E-state index is 0.0383. The molecule has 0 unspecified atom stereocenters. The minimum atomic E-state index is 0.0383. The zero-order chi connectivity index (χ0) is 19.4. The van der Waals surface area contributed by atoms with E-state index in [9.17, 15) is 4.79 Å². The van der Waals surface area contributed by atoms with Crippen LogP contribution < -0.4 is 9.80 Å². The molecule has 1 aromatic heterocycles. The summed E-state index contributed by atoms with van der Waals surface area (Å²) in [6.45, 7) is 5.79.